The van der Waals surface area contributed by atoms with Crippen LogP contribution in [0.25, 0.3) is 0 Å². The minimum absolute atomic E-state index is 0.0208. The van der Waals surface area contributed by atoms with Gasteiger partial charge in [0.15, 0.2) is 6.61 Å². The number of rotatable bonds is 16. The molecule has 0 saturated carbocycles. The first-order chi connectivity index (χ1) is 25.8. The standard InChI is InChI=1S/C34H38FN3O7S2.C5H11NO2/c1-34(2,3)31(33(43)44)37-27(40)17-36-28(41)18-45-24-13-5-21(6-14-24)29-30(32(42)38(29)23-11-9-22(35)10-12-23)47-19-26(39)20-7-15-25(46-4)16-8-20;1-3(2)4(6)5(7)8/h5-16,26,29-31,39H,17-19H2,1-4H3,(H,36,41)(H,37,40)(H,43,44);3-4H,6H2,1-2H3,(H,7,8)/t26?,29-,30-,31+;/m1./s1. The van der Waals surface area contributed by atoms with Gasteiger partial charge in [-0.3, -0.25) is 19.2 Å². The molecule has 1 heterocycles. The van der Waals surface area contributed by atoms with Crippen LogP contribution in [0.4, 0.5) is 10.1 Å². The van der Waals surface area contributed by atoms with E-state index in [0.717, 1.165) is 16.0 Å². The lowest BCUT2D eigenvalue weighted by molar-refractivity contribution is -0.144. The number of carboxylic acids is 2. The zero-order chi connectivity index (χ0) is 41.0. The summed E-state index contributed by atoms with van der Waals surface area (Å²) in [6.07, 6.45) is 1.21. The van der Waals surface area contributed by atoms with Crippen molar-refractivity contribution in [2.45, 2.75) is 69.0 Å². The van der Waals surface area contributed by atoms with Gasteiger partial charge in [-0.05, 0) is 77.2 Å². The Kier molecular flexibility index (Phi) is 16.5. The van der Waals surface area contributed by atoms with E-state index in [2.05, 4.69) is 10.6 Å². The molecule has 4 rings (SSSR count). The van der Waals surface area contributed by atoms with Crippen molar-refractivity contribution in [3.05, 3.63) is 89.7 Å². The maximum atomic E-state index is 13.6. The second-order valence-electron chi connectivity index (χ2n) is 14.1. The fourth-order valence-corrected chi connectivity index (χ4v) is 6.95. The van der Waals surface area contributed by atoms with Crippen molar-refractivity contribution in [3.63, 3.8) is 0 Å². The van der Waals surface area contributed by atoms with Crippen molar-refractivity contribution in [3.8, 4) is 5.75 Å². The Labute approximate surface area is 328 Å². The number of benzene rings is 3. The van der Waals surface area contributed by atoms with E-state index in [-0.39, 0.29) is 18.4 Å². The number of carboxylic acid groups (broad SMARTS) is 2. The Morgan fingerprint density at radius 1 is 0.927 bits per heavy atom. The van der Waals surface area contributed by atoms with Crippen LogP contribution < -0.4 is 26.0 Å². The van der Waals surface area contributed by atoms with Gasteiger partial charge in [0.25, 0.3) is 5.91 Å². The number of aliphatic hydroxyl groups excluding tert-OH is 1. The summed E-state index contributed by atoms with van der Waals surface area (Å²) < 4.78 is 19.2. The van der Waals surface area contributed by atoms with Gasteiger partial charge in [0.05, 0.1) is 18.7 Å². The summed E-state index contributed by atoms with van der Waals surface area (Å²) in [7, 11) is 0. The molecular formula is C39H49FN4O9S2. The molecule has 7 N–H and O–H groups in total. The molecule has 298 valence electrons. The predicted octanol–water partition coefficient (Wildman–Crippen LogP) is 4.64. The van der Waals surface area contributed by atoms with Crippen molar-refractivity contribution >= 4 is 58.9 Å². The minimum Gasteiger partial charge on any atom is -0.484 e. The molecule has 0 bridgehead atoms. The zero-order valence-electron chi connectivity index (χ0n) is 31.5. The average Bonchev–Trinajstić information content (AvgIpc) is 3.14. The monoisotopic (exact) mass is 800 g/mol. The molecule has 13 nitrogen and oxygen atoms in total. The Morgan fingerprint density at radius 3 is 2.02 bits per heavy atom. The Hall–Kier alpha value is -4.64. The highest BCUT2D eigenvalue weighted by Gasteiger charge is 2.49. The normalized spacial score (nSPS) is 16.8. The molecule has 1 saturated heterocycles. The quantitative estimate of drug-likeness (QED) is 0.0866. The number of aliphatic hydroxyl groups is 1. The number of carbonyl (C=O) groups is 5. The summed E-state index contributed by atoms with van der Waals surface area (Å²) in [5.74, 6) is -3.20. The number of hydrogen-bond acceptors (Lipinski definition) is 10. The molecule has 3 amide bonds. The largest absolute Gasteiger partial charge is 0.484 e. The van der Waals surface area contributed by atoms with E-state index in [1.807, 2.05) is 30.5 Å². The highest BCUT2D eigenvalue weighted by Crippen LogP contribution is 2.46. The van der Waals surface area contributed by atoms with Crippen molar-refractivity contribution < 1.29 is 48.4 Å². The van der Waals surface area contributed by atoms with Crippen molar-refractivity contribution in [2.75, 3.05) is 30.1 Å². The van der Waals surface area contributed by atoms with Gasteiger partial charge < -0.3 is 41.3 Å². The zero-order valence-corrected chi connectivity index (χ0v) is 33.2. The van der Waals surface area contributed by atoms with E-state index in [1.54, 1.807) is 87.7 Å². The molecule has 16 heteroatoms. The fourth-order valence-electron chi connectivity index (χ4n) is 5.24. The summed E-state index contributed by atoms with van der Waals surface area (Å²) in [6.45, 7) is 7.81. The van der Waals surface area contributed by atoms with Gasteiger partial charge in [-0.25, -0.2) is 9.18 Å². The van der Waals surface area contributed by atoms with E-state index in [1.165, 1.54) is 23.9 Å². The van der Waals surface area contributed by atoms with Crippen LogP contribution in [0.3, 0.4) is 0 Å². The molecule has 1 aliphatic heterocycles. The molecule has 1 fully saturated rings. The third-order valence-electron chi connectivity index (χ3n) is 8.54. The molecule has 0 spiro atoms. The molecular weight excluding hydrogens is 752 g/mol. The minimum atomic E-state index is -1.17. The van der Waals surface area contributed by atoms with Crippen LogP contribution in [0.5, 0.6) is 5.75 Å². The summed E-state index contributed by atoms with van der Waals surface area (Å²) in [4.78, 5) is 62.0. The number of nitrogens with zero attached hydrogens (tertiary/aromatic N) is 1. The predicted molar refractivity (Wildman–Crippen MR) is 210 cm³/mol. The summed E-state index contributed by atoms with van der Waals surface area (Å²) in [5.41, 5.74) is 6.53. The molecule has 55 heavy (non-hydrogen) atoms. The molecule has 0 radical (unpaired) electrons. The number of thioether (sulfide) groups is 2. The lowest BCUT2D eigenvalue weighted by atomic mass is 9.87. The van der Waals surface area contributed by atoms with Crippen molar-refractivity contribution in [2.24, 2.45) is 17.1 Å². The summed E-state index contributed by atoms with van der Waals surface area (Å²) in [5, 5.41) is 32.7. The lowest BCUT2D eigenvalue weighted by Gasteiger charge is -2.47. The number of anilines is 1. The third-order valence-corrected chi connectivity index (χ3v) is 10.6. The molecule has 2 unspecified atom stereocenters. The van der Waals surface area contributed by atoms with Gasteiger partial charge in [-0.15, -0.1) is 23.5 Å². The summed E-state index contributed by atoms with van der Waals surface area (Å²) >= 11 is 2.96. The number of nitrogens with one attached hydrogen (secondary N) is 2. The fraction of sp³-hybridized carbons (Fsp3) is 0.410. The van der Waals surface area contributed by atoms with E-state index in [0.29, 0.717) is 17.2 Å². The molecule has 5 atom stereocenters. The van der Waals surface area contributed by atoms with Gasteiger partial charge in [-0.1, -0.05) is 58.9 Å². The number of hydrogen-bond donors (Lipinski definition) is 6. The highest BCUT2D eigenvalue weighted by atomic mass is 32.2. The van der Waals surface area contributed by atoms with E-state index < -0.39 is 71.0 Å². The molecule has 0 aliphatic carbocycles. The first-order valence-corrected chi connectivity index (χ1v) is 19.6. The second kappa shape index (κ2) is 20.3. The molecule has 0 aromatic heterocycles. The van der Waals surface area contributed by atoms with Crippen LogP contribution in [0.15, 0.2) is 77.7 Å². The van der Waals surface area contributed by atoms with Crippen LogP contribution in [0.1, 0.15) is 57.9 Å². The SMILES string of the molecule is CC(C)C(N)C(=O)O.CSc1ccc(C(O)CS[C@H]2C(=O)N(c3ccc(F)cc3)[C@@H]2c2ccc(OCC(=O)NCC(=O)N[C@@H](C(=O)O)C(C)(C)C)cc2)cc1. The van der Waals surface area contributed by atoms with Gasteiger partial charge in [0.2, 0.25) is 11.8 Å². The van der Waals surface area contributed by atoms with Crippen molar-refractivity contribution in [1.82, 2.24) is 10.6 Å². The van der Waals surface area contributed by atoms with Crippen LogP contribution in [-0.4, -0.2) is 87.5 Å². The number of amides is 3. The highest BCUT2D eigenvalue weighted by molar-refractivity contribution is 8.00. The van der Waals surface area contributed by atoms with Crippen LogP contribution in [-0.2, 0) is 24.0 Å². The first-order valence-electron chi connectivity index (χ1n) is 17.4. The van der Waals surface area contributed by atoms with E-state index in [4.69, 9.17) is 15.6 Å². The first kappa shape index (κ1) is 44.8. The number of ether oxygens (including phenoxy) is 1. The number of carbonyl (C=O) groups excluding carboxylic acids is 3. The van der Waals surface area contributed by atoms with Gasteiger partial charge >= 0.3 is 11.9 Å². The van der Waals surface area contributed by atoms with Crippen LogP contribution in [0.2, 0.25) is 0 Å². The van der Waals surface area contributed by atoms with E-state index >= 15 is 0 Å². The topological polar surface area (TPSA) is 209 Å². The third kappa shape index (κ3) is 13.0. The smallest absolute Gasteiger partial charge is 0.326 e. The van der Waals surface area contributed by atoms with Gasteiger partial charge in [-0.2, -0.15) is 0 Å². The molecule has 1 aliphatic rings. The second-order valence-corrected chi connectivity index (χ2v) is 16.2. The maximum Gasteiger partial charge on any atom is 0.326 e. The van der Waals surface area contributed by atoms with Gasteiger partial charge in [0, 0.05) is 16.3 Å². The number of aliphatic carboxylic acids is 2. The van der Waals surface area contributed by atoms with E-state index in [9.17, 15) is 38.6 Å². The molecule has 3 aromatic carbocycles. The van der Waals surface area contributed by atoms with Crippen molar-refractivity contribution in [1.29, 1.82) is 0 Å². The Bertz CT molecular complexity index is 1770. The van der Waals surface area contributed by atoms with Crippen LogP contribution >= 0.6 is 23.5 Å². The average molecular weight is 801 g/mol. The number of halogens is 1. The Morgan fingerprint density at radius 2 is 1.53 bits per heavy atom. The Balaban J connectivity index is 0.000000912. The lowest BCUT2D eigenvalue weighted by Crippen LogP contribution is -2.57. The number of β-lactam (4-membered cyclic amide) rings is 1. The molecule has 3 aromatic rings. The van der Waals surface area contributed by atoms with Gasteiger partial charge in [0.1, 0.15) is 28.9 Å². The summed E-state index contributed by atoms with van der Waals surface area (Å²) in [6, 6.07) is 17.9. The maximum absolute atomic E-state index is 13.6. The van der Waals surface area contributed by atoms with Crippen LogP contribution in [0, 0.1) is 17.2 Å². The number of nitrogens with two attached hydrogens (primary N) is 1.